The zero-order valence-corrected chi connectivity index (χ0v) is 16.2. The summed E-state index contributed by atoms with van der Waals surface area (Å²) in [5, 5.41) is 7.93. The molecule has 0 radical (unpaired) electrons. The second kappa shape index (κ2) is 7.14. The summed E-state index contributed by atoms with van der Waals surface area (Å²) in [6, 6.07) is 8.43. The molecular weight excluding hydrogens is 358 g/mol. The van der Waals surface area contributed by atoms with Gasteiger partial charge in [-0.2, -0.15) is 0 Å². The van der Waals surface area contributed by atoms with Crippen molar-refractivity contribution in [3.8, 4) is 0 Å². The van der Waals surface area contributed by atoms with Gasteiger partial charge in [-0.1, -0.05) is 19.0 Å². The lowest BCUT2D eigenvalue weighted by molar-refractivity contribution is 0.204. The zero-order valence-electron chi connectivity index (χ0n) is 16.2. The van der Waals surface area contributed by atoms with E-state index in [0.29, 0.717) is 17.8 Å². The molecule has 3 heterocycles. The number of likely N-dealkylation sites (tertiary alicyclic amines) is 1. The molecule has 3 aromatic rings. The Morgan fingerprint density at radius 3 is 2.86 bits per heavy atom. The minimum atomic E-state index is -0.403. The number of fused-ring (bicyclic) bond motifs is 1. The third-order valence-electron chi connectivity index (χ3n) is 5.17. The molecule has 1 aliphatic rings. The Kier molecular flexibility index (Phi) is 4.66. The lowest BCUT2D eigenvalue weighted by Gasteiger charge is -2.23. The molecule has 28 heavy (non-hydrogen) atoms. The predicted molar refractivity (Wildman–Crippen MR) is 106 cm³/mol. The maximum Gasteiger partial charge on any atom is 0.336 e. The van der Waals surface area contributed by atoms with Crippen molar-refractivity contribution >= 4 is 22.7 Å². The van der Waals surface area contributed by atoms with Crippen LogP contribution in [-0.4, -0.2) is 22.6 Å². The SMILES string of the molecule is Cc1cc(=O)oc2cc(NC(=O)N3CCC[C@H]3c3cc(C(C)C)on3)ccc12. The standard InChI is InChI=1S/C21H23N3O4/c1-12(2)18-11-16(23-28-18)17-5-4-8-24(17)21(26)22-14-6-7-15-13(3)9-20(25)27-19(15)10-14/h6-7,9-12,17H,4-5,8H2,1-3H3,(H,22,26)/t17-/m0/s1. The van der Waals surface area contributed by atoms with E-state index in [1.807, 2.05) is 39.0 Å². The fourth-order valence-corrected chi connectivity index (χ4v) is 3.65. The first-order valence-electron chi connectivity index (χ1n) is 9.51. The highest BCUT2D eigenvalue weighted by atomic mass is 16.5. The summed E-state index contributed by atoms with van der Waals surface area (Å²) in [4.78, 5) is 26.3. The van der Waals surface area contributed by atoms with E-state index in [0.717, 1.165) is 35.2 Å². The maximum atomic E-state index is 12.9. The number of hydrogen-bond donors (Lipinski definition) is 1. The summed E-state index contributed by atoms with van der Waals surface area (Å²) >= 11 is 0. The van der Waals surface area contributed by atoms with Crippen molar-refractivity contribution in [2.24, 2.45) is 0 Å². The van der Waals surface area contributed by atoms with Crippen LogP contribution < -0.4 is 10.9 Å². The van der Waals surface area contributed by atoms with E-state index in [1.54, 1.807) is 11.0 Å². The molecule has 1 N–H and O–H groups in total. The number of hydrogen-bond acceptors (Lipinski definition) is 5. The summed E-state index contributed by atoms with van der Waals surface area (Å²) in [6.07, 6.45) is 1.76. The minimum Gasteiger partial charge on any atom is -0.423 e. The van der Waals surface area contributed by atoms with E-state index in [4.69, 9.17) is 8.94 Å². The monoisotopic (exact) mass is 381 g/mol. The number of urea groups is 1. The molecule has 146 valence electrons. The summed E-state index contributed by atoms with van der Waals surface area (Å²) in [7, 11) is 0. The number of benzene rings is 1. The fraction of sp³-hybridized carbons (Fsp3) is 0.381. The van der Waals surface area contributed by atoms with Crippen molar-refractivity contribution in [3.63, 3.8) is 0 Å². The van der Waals surface area contributed by atoms with Gasteiger partial charge in [0, 0.05) is 41.7 Å². The predicted octanol–water partition coefficient (Wildman–Crippen LogP) is 4.58. The number of carbonyl (C=O) groups is 1. The van der Waals surface area contributed by atoms with Crippen LogP contribution in [0.5, 0.6) is 0 Å². The first-order chi connectivity index (χ1) is 13.4. The molecule has 4 rings (SSSR count). The van der Waals surface area contributed by atoms with E-state index >= 15 is 0 Å². The summed E-state index contributed by atoms with van der Waals surface area (Å²) < 4.78 is 10.7. The summed E-state index contributed by atoms with van der Waals surface area (Å²) in [6.45, 7) is 6.60. The highest BCUT2D eigenvalue weighted by Crippen LogP contribution is 2.33. The number of nitrogens with zero attached hydrogens (tertiary/aromatic N) is 2. The largest absolute Gasteiger partial charge is 0.423 e. The first kappa shape index (κ1) is 18.3. The molecule has 7 heteroatoms. The van der Waals surface area contributed by atoms with Gasteiger partial charge in [-0.3, -0.25) is 0 Å². The van der Waals surface area contributed by atoms with Gasteiger partial charge in [0.15, 0.2) is 0 Å². The van der Waals surface area contributed by atoms with Crippen molar-refractivity contribution in [2.45, 2.75) is 45.6 Å². The minimum absolute atomic E-state index is 0.100. The van der Waals surface area contributed by atoms with Crippen molar-refractivity contribution in [3.05, 3.63) is 57.8 Å². The number of rotatable bonds is 3. The van der Waals surface area contributed by atoms with Crippen LogP contribution in [0.4, 0.5) is 10.5 Å². The number of aromatic nitrogens is 1. The maximum absolute atomic E-state index is 12.9. The van der Waals surface area contributed by atoms with E-state index in [2.05, 4.69) is 10.5 Å². The van der Waals surface area contributed by atoms with Crippen molar-refractivity contribution < 1.29 is 13.7 Å². The summed E-state index contributed by atoms with van der Waals surface area (Å²) in [5.74, 6) is 1.07. The van der Waals surface area contributed by atoms with Gasteiger partial charge in [0.25, 0.3) is 0 Å². The van der Waals surface area contributed by atoms with Crippen LogP contribution >= 0.6 is 0 Å². The normalized spacial score (nSPS) is 16.9. The quantitative estimate of drug-likeness (QED) is 0.671. The number of anilines is 1. The van der Waals surface area contributed by atoms with Gasteiger partial charge in [0.1, 0.15) is 17.0 Å². The molecule has 1 fully saturated rings. The molecular formula is C21H23N3O4. The third kappa shape index (κ3) is 3.40. The topological polar surface area (TPSA) is 88.6 Å². The number of aryl methyl sites for hydroxylation is 1. The Balaban J connectivity index is 1.55. The highest BCUT2D eigenvalue weighted by Gasteiger charge is 2.32. The number of amides is 2. The first-order valence-corrected chi connectivity index (χ1v) is 9.51. The molecule has 2 aromatic heterocycles. The molecule has 1 aromatic carbocycles. The van der Waals surface area contributed by atoms with Gasteiger partial charge < -0.3 is 19.2 Å². The second-order valence-electron chi connectivity index (χ2n) is 7.55. The van der Waals surface area contributed by atoms with Crippen LogP contribution in [0.15, 0.2) is 44.1 Å². The van der Waals surface area contributed by atoms with Gasteiger partial charge in [0.2, 0.25) is 0 Å². The summed E-state index contributed by atoms with van der Waals surface area (Å²) in [5.41, 5.74) is 2.27. The van der Waals surface area contributed by atoms with Crippen LogP contribution in [0.2, 0.25) is 0 Å². The number of carbonyl (C=O) groups excluding carboxylic acids is 1. The van der Waals surface area contributed by atoms with Crippen LogP contribution in [0.1, 0.15) is 55.7 Å². The van der Waals surface area contributed by atoms with Gasteiger partial charge in [-0.15, -0.1) is 0 Å². The molecule has 0 saturated carbocycles. The van der Waals surface area contributed by atoms with Gasteiger partial charge in [0.05, 0.1) is 6.04 Å². The van der Waals surface area contributed by atoms with Crippen LogP contribution in [0, 0.1) is 6.92 Å². The molecule has 7 nitrogen and oxygen atoms in total. The van der Waals surface area contributed by atoms with Crippen LogP contribution in [0.3, 0.4) is 0 Å². The third-order valence-corrected chi connectivity index (χ3v) is 5.17. The average molecular weight is 381 g/mol. The smallest absolute Gasteiger partial charge is 0.336 e. The number of nitrogens with one attached hydrogen (secondary N) is 1. The fourth-order valence-electron chi connectivity index (χ4n) is 3.65. The zero-order chi connectivity index (χ0) is 19.8. The Morgan fingerprint density at radius 1 is 1.29 bits per heavy atom. The lowest BCUT2D eigenvalue weighted by atomic mass is 10.1. The Bertz CT molecular complexity index is 1080. The molecule has 2 amide bonds. The molecule has 0 spiro atoms. The molecule has 0 bridgehead atoms. The van der Waals surface area contributed by atoms with Crippen molar-refractivity contribution in [1.82, 2.24) is 10.1 Å². The van der Waals surface area contributed by atoms with Gasteiger partial charge in [-0.25, -0.2) is 9.59 Å². The Morgan fingerprint density at radius 2 is 2.11 bits per heavy atom. The lowest BCUT2D eigenvalue weighted by Crippen LogP contribution is -2.34. The van der Waals surface area contributed by atoms with E-state index in [1.165, 1.54) is 6.07 Å². The van der Waals surface area contributed by atoms with Crippen molar-refractivity contribution in [2.75, 3.05) is 11.9 Å². The van der Waals surface area contributed by atoms with Gasteiger partial charge in [-0.05, 0) is 37.5 Å². The average Bonchev–Trinajstić information content (AvgIpc) is 3.30. The molecule has 0 aliphatic carbocycles. The van der Waals surface area contributed by atoms with E-state index in [9.17, 15) is 9.59 Å². The molecule has 1 atom stereocenters. The highest BCUT2D eigenvalue weighted by molar-refractivity contribution is 5.93. The van der Waals surface area contributed by atoms with Crippen LogP contribution in [-0.2, 0) is 0 Å². The molecule has 0 unspecified atom stereocenters. The van der Waals surface area contributed by atoms with Crippen LogP contribution in [0.25, 0.3) is 11.0 Å². The Labute approximate surface area is 162 Å². The van der Waals surface area contributed by atoms with Gasteiger partial charge >= 0.3 is 11.7 Å². The Hall–Kier alpha value is -3.09. The van der Waals surface area contributed by atoms with E-state index < -0.39 is 5.63 Å². The van der Waals surface area contributed by atoms with E-state index in [-0.39, 0.29) is 18.0 Å². The van der Waals surface area contributed by atoms with Crippen molar-refractivity contribution in [1.29, 1.82) is 0 Å². The second-order valence-corrected chi connectivity index (χ2v) is 7.55. The molecule has 1 saturated heterocycles. The molecule has 1 aliphatic heterocycles.